The second kappa shape index (κ2) is 17.2. The number of ether oxygens (including phenoxy) is 2. The molecule has 6 aliphatic rings. The summed E-state index contributed by atoms with van der Waals surface area (Å²) >= 11 is 0. The third kappa shape index (κ3) is 8.24. The Labute approximate surface area is 385 Å². The zero-order chi connectivity index (χ0) is 46.1. The lowest BCUT2D eigenvalue weighted by atomic mass is 9.85. The summed E-state index contributed by atoms with van der Waals surface area (Å²) in [7, 11) is 3.03. The first-order valence-electron chi connectivity index (χ1n) is 23.9. The van der Waals surface area contributed by atoms with E-state index in [2.05, 4.69) is 34.2 Å². The zero-order valence-electron chi connectivity index (χ0n) is 38.3. The van der Waals surface area contributed by atoms with Gasteiger partial charge in [-0.05, 0) is 114 Å². The first kappa shape index (κ1) is 44.1. The molecular formula is C50H62N8O8. The summed E-state index contributed by atoms with van der Waals surface area (Å²) in [5.74, 6) is 0.870. The van der Waals surface area contributed by atoms with Crippen molar-refractivity contribution in [1.29, 1.82) is 0 Å². The normalized spacial score (nSPS) is 27.2. The van der Waals surface area contributed by atoms with E-state index in [-0.39, 0.29) is 59.0 Å². The molecule has 2 aromatic heterocycles. The number of aromatic nitrogens is 4. The second-order valence-corrected chi connectivity index (χ2v) is 20.1. The number of H-pyrrole nitrogens is 2. The van der Waals surface area contributed by atoms with Gasteiger partial charge in [0.15, 0.2) is 0 Å². The van der Waals surface area contributed by atoms with Crippen molar-refractivity contribution < 1.29 is 38.9 Å². The Balaban J connectivity index is 0.810. The molecule has 2 aliphatic carbocycles. The minimum Gasteiger partial charge on any atom is -0.465 e. The summed E-state index contributed by atoms with van der Waals surface area (Å²) in [6.45, 7) is 5.16. The van der Waals surface area contributed by atoms with Gasteiger partial charge in [-0.2, -0.15) is 0 Å². The number of carbonyl (C=O) groups excluding carboxylic acids is 2. The van der Waals surface area contributed by atoms with E-state index in [0.29, 0.717) is 50.5 Å². The number of amides is 4. The van der Waals surface area contributed by atoms with Crippen molar-refractivity contribution in [3.05, 3.63) is 72.6 Å². The quantitative estimate of drug-likeness (QED) is 0.114. The van der Waals surface area contributed by atoms with E-state index >= 15 is 0 Å². The number of nitrogens with zero attached hydrogens (tertiary/aromatic N) is 6. The maximum Gasteiger partial charge on any atom is 0.407 e. The molecule has 6 heterocycles. The molecule has 16 heteroatoms. The highest BCUT2D eigenvalue weighted by Gasteiger charge is 2.54. The smallest absolute Gasteiger partial charge is 0.407 e. The van der Waals surface area contributed by atoms with Gasteiger partial charge in [-0.3, -0.25) is 19.4 Å². The first-order valence-corrected chi connectivity index (χ1v) is 23.9. The molecule has 0 bridgehead atoms. The molecule has 66 heavy (non-hydrogen) atoms. The Morgan fingerprint density at radius 3 is 1.32 bits per heavy atom. The maximum atomic E-state index is 14.5. The minimum absolute atomic E-state index is 0.0574. The van der Waals surface area contributed by atoms with Gasteiger partial charge < -0.3 is 39.5 Å². The summed E-state index contributed by atoms with van der Waals surface area (Å²) in [6, 6.07) is 14.2. The third-order valence-corrected chi connectivity index (χ3v) is 15.9. The number of nitrogens with one attached hydrogen (secondary N) is 2. The van der Waals surface area contributed by atoms with Crippen LogP contribution in [0.4, 0.5) is 9.59 Å². The fourth-order valence-corrected chi connectivity index (χ4v) is 11.8. The standard InChI is InChI=1S/C50H62N8O8/c1-29-5-15-39(57(29)45(59)41(55(3)47(61)62)35-17-23-65-49(25-35)19-20-49)43-51-27-37(53-43)33-11-7-31(8-12-33)32-9-13-34(14-10-32)38-28-52-44(54-38)40-16-6-30(2)58(40)46(60)42(56(4)48(63)64)36-18-24-66-50(26-36)21-22-50/h7-14,27-30,35-36,39-42H,5-6,15-26H2,1-4H3,(H,51,53)(H,52,54)(H,61,62)(H,63,64)/t29-,30-,35?,36?,39-,40-,41?,42?/m0/s1. The Morgan fingerprint density at radius 2 is 0.970 bits per heavy atom. The van der Waals surface area contributed by atoms with Gasteiger partial charge in [0, 0.05) is 62.9 Å². The molecule has 8 atom stereocenters. The van der Waals surface area contributed by atoms with Crippen molar-refractivity contribution in [3.8, 4) is 33.6 Å². The molecule has 2 spiro atoms. The zero-order valence-corrected chi connectivity index (χ0v) is 38.3. The van der Waals surface area contributed by atoms with E-state index in [1.54, 1.807) is 0 Å². The Morgan fingerprint density at radius 1 is 0.606 bits per heavy atom. The predicted molar refractivity (Wildman–Crippen MR) is 244 cm³/mol. The Hall–Kier alpha value is -5.74. The summed E-state index contributed by atoms with van der Waals surface area (Å²) < 4.78 is 12.1. The van der Waals surface area contributed by atoms with Gasteiger partial charge in [-0.25, -0.2) is 19.6 Å². The van der Waals surface area contributed by atoms with Crippen molar-refractivity contribution in [2.75, 3.05) is 27.3 Å². The van der Waals surface area contributed by atoms with Gasteiger partial charge in [0.1, 0.15) is 23.7 Å². The SMILES string of the molecule is C[C@H]1CC[C@@H](c2nc(-c3ccc(-c4ccc(-c5c[nH]c([C@@H]6CC[C@H](C)N6C(=O)C(C6CCOC7(CC7)C6)N(C)C(=O)O)n5)cc4)cc3)c[nH]2)N1C(=O)C(C1CCOC2(CC2)C1)N(C)C(=O)O. The molecule has 4 saturated heterocycles. The molecule has 350 valence electrons. The van der Waals surface area contributed by atoms with Crippen LogP contribution in [0.3, 0.4) is 0 Å². The molecule has 4 aliphatic heterocycles. The van der Waals surface area contributed by atoms with E-state index in [9.17, 15) is 29.4 Å². The lowest BCUT2D eigenvalue weighted by Gasteiger charge is -2.41. The van der Waals surface area contributed by atoms with E-state index in [1.165, 1.54) is 23.9 Å². The van der Waals surface area contributed by atoms with Gasteiger partial charge in [0.2, 0.25) is 11.8 Å². The number of rotatable bonds is 11. The average molecular weight is 903 g/mol. The lowest BCUT2D eigenvalue weighted by Crippen LogP contribution is -2.55. The van der Waals surface area contributed by atoms with E-state index in [4.69, 9.17) is 19.4 Å². The van der Waals surface area contributed by atoms with Crippen LogP contribution in [0.25, 0.3) is 33.6 Å². The monoisotopic (exact) mass is 902 g/mol. The minimum atomic E-state index is -1.10. The van der Waals surface area contributed by atoms with Crippen LogP contribution in [-0.2, 0) is 19.1 Å². The van der Waals surface area contributed by atoms with Gasteiger partial charge >= 0.3 is 12.2 Å². The van der Waals surface area contributed by atoms with Crippen LogP contribution in [0.5, 0.6) is 0 Å². The molecule has 0 radical (unpaired) electrons. The molecule has 2 aromatic carbocycles. The van der Waals surface area contributed by atoms with E-state index < -0.39 is 24.3 Å². The third-order valence-electron chi connectivity index (χ3n) is 15.9. The van der Waals surface area contributed by atoms with Gasteiger partial charge in [0.05, 0.1) is 34.7 Å². The second-order valence-electron chi connectivity index (χ2n) is 20.1. The van der Waals surface area contributed by atoms with Crippen molar-refractivity contribution in [2.24, 2.45) is 11.8 Å². The van der Waals surface area contributed by atoms with Crippen molar-refractivity contribution >= 4 is 24.0 Å². The van der Waals surface area contributed by atoms with Crippen LogP contribution in [0.1, 0.15) is 115 Å². The van der Waals surface area contributed by atoms with E-state index in [0.717, 1.165) is 85.0 Å². The predicted octanol–water partition coefficient (Wildman–Crippen LogP) is 8.11. The summed E-state index contributed by atoms with van der Waals surface area (Å²) in [5.41, 5.74) is 5.08. The van der Waals surface area contributed by atoms with Crippen LogP contribution in [0.2, 0.25) is 0 Å². The number of carboxylic acid groups (broad SMARTS) is 2. The molecular weight excluding hydrogens is 841 g/mol. The topological polar surface area (TPSA) is 198 Å². The number of likely N-dealkylation sites (tertiary alicyclic amines) is 2. The van der Waals surface area contributed by atoms with Crippen LogP contribution < -0.4 is 0 Å². The summed E-state index contributed by atoms with van der Waals surface area (Å²) in [5, 5.41) is 20.1. The average Bonchev–Trinajstić information content (AvgIpc) is 3.84. The first-order chi connectivity index (χ1) is 31.7. The number of hydrogen-bond donors (Lipinski definition) is 4. The molecule has 4 unspecified atom stereocenters. The van der Waals surface area contributed by atoms with Crippen LogP contribution >= 0.6 is 0 Å². The van der Waals surface area contributed by atoms with Crippen LogP contribution in [0.15, 0.2) is 60.9 Å². The fourth-order valence-electron chi connectivity index (χ4n) is 11.8. The summed E-state index contributed by atoms with van der Waals surface area (Å²) in [4.78, 5) is 76.5. The number of hydrogen-bond acceptors (Lipinski definition) is 8. The highest BCUT2D eigenvalue weighted by Crippen LogP contribution is 2.51. The number of aromatic amines is 2. The molecule has 4 aromatic rings. The van der Waals surface area contributed by atoms with Crippen LogP contribution in [0, 0.1) is 11.8 Å². The van der Waals surface area contributed by atoms with E-state index in [1.807, 2.05) is 60.3 Å². The highest BCUT2D eigenvalue weighted by molar-refractivity contribution is 5.87. The number of benzene rings is 2. The molecule has 10 rings (SSSR count). The molecule has 16 nitrogen and oxygen atoms in total. The number of likely N-dealkylation sites (N-methyl/N-ethyl adjacent to an activating group) is 2. The maximum absolute atomic E-state index is 14.5. The van der Waals surface area contributed by atoms with Crippen molar-refractivity contribution in [3.63, 3.8) is 0 Å². The fraction of sp³-hybridized carbons (Fsp3) is 0.560. The Bertz CT molecular complexity index is 2290. The van der Waals surface area contributed by atoms with Crippen LogP contribution in [-0.4, -0.2) is 136 Å². The molecule has 4 N–H and O–H groups in total. The van der Waals surface area contributed by atoms with Gasteiger partial charge in [-0.1, -0.05) is 48.5 Å². The molecule has 4 amide bonds. The number of carbonyl (C=O) groups is 4. The van der Waals surface area contributed by atoms with Crippen molar-refractivity contribution in [1.82, 2.24) is 39.5 Å². The molecule has 6 fully saturated rings. The molecule has 2 saturated carbocycles. The lowest BCUT2D eigenvalue weighted by molar-refractivity contribution is -0.144. The summed E-state index contributed by atoms with van der Waals surface area (Å²) in [6.07, 6.45) is 11.2. The van der Waals surface area contributed by atoms with Crippen molar-refractivity contribution in [2.45, 2.75) is 138 Å². The largest absolute Gasteiger partial charge is 0.465 e. The van der Waals surface area contributed by atoms with Gasteiger partial charge in [-0.15, -0.1) is 0 Å². The number of imidazole rings is 2. The van der Waals surface area contributed by atoms with Gasteiger partial charge in [0.25, 0.3) is 0 Å². The highest BCUT2D eigenvalue weighted by atomic mass is 16.5. The Kier molecular flexibility index (Phi) is 11.5.